The van der Waals surface area contributed by atoms with Gasteiger partial charge in [-0.2, -0.15) is 0 Å². The molecule has 1 N–H and O–H groups in total. The van der Waals surface area contributed by atoms with Crippen LogP contribution in [0.15, 0.2) is 0 Å². The lowest BCUT2D eigenvalue weighted by Gasteiger charge is -2.35. The van der Waals surface area contributed by atoms with Gasteiger partial charge in [0.15, 0.2) is 0 Å². The summed E-state index contributed by atoms with van der Waals surface area (Å²) in [6, 6.07) is 0. The Morgan fingerprint density at radius 3 is 2.05 bits per heavy atom. The lowest BCUT2D eigenvalue weighted by atomic mass is 9.81. The Bertz CT molecular complexity index is 340. The smallest absolute Gasteiger partial charge is 0.306 e. The number of rotatable bonds is 4. The number of amides is 1. The Kier molecular flexibility index (Phi) is 5.44. The van der Waals surface area contributed by atoms with Crippen molar-refractivity contribution >= 4 is 11.9 Å². The molecule has 0 aromatic carbocycles. The highest BCUT2D eigenvalue weighted by Gasteiger charge is 2.33. The quantitative estimate of drug-likeness (QED) is 0.862. The number of carboxylic acids is 1. The molecule has 0 aromatic heterocycles. The van der Waals surface area contributed by atoms with Crippen molar-refractivity contribution in [3.63, 3.8) is 0 Å². The van der Waals surface area contributed by atoms with Crippen LogP contribution in [-0.4, -0.2) is 35.0 Å². The molecular weight excluding hydrogens is 254 g/mol. The van der Waals surface area contributed by atoms with Gasteiger partial charge in [-0.25, -0.2) is 0 Å². The Morgan fingerprint density at radius 2 is 1.55 bits per heavy atom. The van der Waals surface area contributed by atoms with Gasteiger partial charge >= 0.3 is 5.97 Å². The molecule has 1 heterocycles. The SMILES string of the molecule is CCCC1CCN(C(=O)C2CCC(C(=O)O)CC2)CC1. The minimum absolute atomic E-state index is 0.0772. The first-order valence-corrected chi connectivity index (χ1v) is 8.13. The molecule has 0 radical (unpaired) electrons. The molecule has 20 heavy (non-hydrogen) atoms. The molecule has 114 valence electrons. The summed E-state index contributed by atoms with van der Waals surface area (Å²) in [4.78, 5) is 25.4. The summed E-state index contributed by atoms with van der Waals surface area (Å²) in [5.41, 5.74) is 0. The van der Waals surface area contributed by atoms with Gasteiger partial charge in [0.25, 0.3) is 0 Å². The van der Waals surface area contributed by atoms with Gasteiger partial charge < -0.3 is 10.0 Å². The van der Waals surface area contributed by atoms with Crippen molar-refractivity contribution in [1.29, 1.82) is 0 Å². The second kappa shape index (κ2) is 7.09. The van der Waals surface area contributed by atoms with Crippen molar-refractivity contribution in [3.05, 3.63) is 0 Å². The molecule has 0 bridgehead atoms. The Hall–Kier alpha value is -1.06. The van der Waals surface area contributed by atoms with Gasteiger partial charge in [0.2, 0.25) is 5.91 Å². The van der Waals surface area contributed by atoms with E-state index in [4.69, 9.17) is 5.11 Å². The second-order valence-electron chi connectivity index (χ2n) is 6.44. The minimum atomic E-state index is -0.698. The number of carbonyl (C=O) groups is 2. The van der Waals surface area contributed by atoms with E-state index in [9.17, 15) is 9.59 Å². The fraction of sp³-hybridized carbons (Fsp3) is 0.875. The standard InChI is InChI=1S/C16H27NO3/c1-2-3-12-8-10-17(11-9-12)15(18)13-4-6-14(7-5-13)16(19)20/h12-14H,2-11H2,1H3,(H,19,20). The molecule has 0 atom stereocenters. The summed E-state index contributed by atoms with van der Waals surface area (Å²) in [5, 5.41) is 9.00. The zero-order valence-corrected chi connectivity index (χ0v) is 12.5. The van der Waals surface area contributed by atoms with Crippen LogP contribution < -0.4 is 0 Å². The number of likely N-dealkylation sites (tertiary alicyclic amines) is 1. The molecule has 1 saturated heterocycles. The van der Waals surface area contributed by atoms with E-state index in [1.165, 1.54) is 12.8 Å². The topological polar surface area (TPSA) is 57.6 Å². The maximum atomic E-state index is 12.5. The molecule has 1 aliphatic heterocycles. The molecule has 0 aromatic rings. The maximum Gasteiger partial charge on any atom is 0.306 e. The molecule has 1 aliphatic carbocycles. The van der Waals surface area contributed by atoms with Crippen LogP contribution >= 0.6 is 0 Å². The summed E-state index contributed by atoms with van der Waals surface area (Å²) in [5.74, 6) is 0.231. The Balaban J connectivity index is 1.77. The predicted octanol–water partition coefficient (Wildman–Crippen LogP) is 2.92. The van der Waals surface area contributed by atoms with E-state index < -0.39 is 5.97 Å². The highest BCUT2D eigenvalue weighted by atomic mass is 16.4. The number of piperidine rings is 1. The highest BCUT2D eigenvalue weighted by Crippen LogP contribution is 2.31. The van der Waals surface area contributed by atoms with E-state index in [1.54, 1.807) is 0 Å². The highest BCUT2D eigenvalue weighted by molar-refractivity contribution is 5.79. The largest absolute Gasteiger partial charge is 0.481 e. The van der Waals surface area contributed by atoms with Crippen molar-refractivity contribution in [2.24, 2.45) is 17.8 Å². The van der Waals surface area contributed by atoms with Crippen LogP contribution in [-0.2, 0) is 9.59 Å². The van der Waals surface area contributed by atoms with E-state index in [0.717, 1.165) is 44.7 Å². The molecule has 2 aliphatic rings. The monoisotopic (exact) mass is 281 g/mol. The van der Waals surface area contributed by atoms with Crippen molar-refractivity contribution in [2.45, 2.75) is 58.3 Å². The number of nitrogens with zero attached hydrogens (tertiary/aromatic N) is 1. The molecule has 1 saturated carbocycles. The van der Waals surface area contributed by atoms with Crippen LogP contribution in [0.2, 0.25) is 0 Å². The van der Waals surface area contributed by atoms with Crippen LogP contribution in [0.4, 0.5) is 0 Å². The molecule has 1 amide bonds. The molecule has 2 rings (SSSR count). The molecule has 0 spiro atoms. The number of aliphatic carboxylic acids is 1. The first-order valence-electron chi connectivity index (χ1n) is 8.13. The number of hydrogen-bond acceptors (Lipinski definition) is 2. The van der Waals surface area contributed by atoms with Crippen LogP contribution in [0.1, 0.15) is 58.3 Å². The average molecular weight is 281 g/mol. The fourth-order valence-corrected chi connectivity index (χ4v) is 3.70. The Morgan fingerprint density at radius 1 is 1.00 bits per heavy atom. The van der Waals surface area contributed by atoms with Gasteiger partial charge in [0.05, 0.1) is 5.92 Å². The molecule has 0 unspecified atom stereocenters. The number of carboxylic acid groups (broad SMARTS) is 1. The van der Waals surface area contributed by atoms with Crippen LogP contribution in [0.5, 0.6) is 0 Å². The first kappa shape index (κ1) is 15.3. The summed E-state index contributed by atoms with van der Waals surface area (Å²) >= 11 is 0. The molecule has 2 fully saturated rings. The van der Waals surface area contributed by atoms with Crippen LogP contribution in [0.25, 0.3) is 0 Å². The molecule has 4 nitrogen and oxygen atoms in total. The van der Waals surface area contributed by atoms with Crippen molar-refractivity contribution in [1.82, 2.24) is 4.90 Å². The zero-order valence-electron chi connectivity index (χ0n) is 12.5. The van der Waals surface area contributed by atoms with Gasteiger partial charge in [0.1, 0.15) is 0 Å². The van der Waals surface area contributed by atoms with Crippen molar-refractivity contribution < 1.29 is 14.7 Å². The van der Waals surface area contributed by atoms with E-state index >= 15 is 0 Å². The molecule has 4 heteroatoms. The first-order chi connectivity index (χ1) is 9.61. The van der Waals surface area contributed by atoms with Gasteiger partial charge in [-0.3, -0.25) is 9.59 Å². The van der Waals surface area contributed by atoms with Crippen LogP contribution in [0, 0.1) is 17.8 Å². The third kappa shape index (κ3) is 3.74. The van der Waals surface area contributed by atoms with Gasteiger partial charge in [-0.1, -0.05) is 19.8 Å². The van der Waals surface area contributed by atoms with Crippen LogP contribution in [0.3, 0.4) is 0 Å². The second-order valence-corrected chi connectivity index (χ2v) is 6.44. The lowest BCUT2D eigenvalue weighted by Crippen LogP contribution is -2.43. The zero-order chi connectivity index (χ0) is 14.5. The summed E-state index contributed by atoms with van der Waals surface area (Å²) in [7, 11) is 0. The maximum absolute atomic E-state index is 12.5. The summed E-state index contributed by atoms with van der Waals surface area (Å²) in [6.45, 7) is 4.03. The van der Waals surface area contributed by atoms with E-state index in [0.29, 0.717) is 12.8 Å². The minimum Gasteiger partial charge on any atom is -0.481 e. The third-order valence-electron chi connectivity index (χ3n) is 5.05. The van der Waals surface area contributed by atoms with Crippen molar-refractivity contribution in [3.8, 4) is 0 Å². The van der Waals surface area contributed by atoms with Gasteiger partial charge in [-0.05, 0) is 44.4 Å². The van der Waals surface area contributed by atoms with Crippen molar-refractivity contribution in [2.75, 3.05) is 13.1 Å². The number of carbonyl (C=O) groups excluding carboxylic acids is 1. The normalized spacial score (nSPS) is 28.4. The van der Waals surface area contributed by atoms with Gasteiger partial charge in [0, 0.05) is 19.0 Å². The third-order valence-corrected chi connectivity index (χ3v) is 5.05. The van der Waals surface area contributed by atoms with E-state index in [-0.39, 0.29) is 17.7 Å². The summed E-state index contributed by atoms with van der Waals surface area (Å²) < 4.78 is 0. The average Bonchev–Trinajstić information content (AvgIpc) is 2.48. The lowest BCUT2D eigenvalue weighted by molar-refractivity contribution is -0.146. The fourth-order valence-electron chi connectivity index (χ4n) is 3.70. The van der Waals surface area contributed by atoms with Gasteiger partial charge in [-0.15, -0.1) is 0 Å². The van der Waals surface area contributed by atoms with E-state index in [2.05, 4.69) is 6.92 Å². The molecular formula is C16H27NO3. The Labute approximate surface area is 121 Å². The predicted molar refractivity (Wildman–Crippen MR) is 77.3 cm³/mol. The van der Waals surface area contributed by atoms with E-state index in [1.807, 2.05) is 4.90 Å². The summed E-state index contributed by atoms with van der Waals surface area (Å²) in [6.07, 6.45) is 7.64. The number of hydrogen-bond donors (Lipinski definition) is 1.